The summed E-state index contributed by atoms with van der Waals surface area (Å²) in [6, 6.07) is 32.6. The second-order valence-electron chi connectivity index (χ2n) is 18.8. The number of hydrogen-bond acceptors (Lipinski definition) is 6. The lowest BCUT2D eigenvalue weighted by atomic mass is 10.0. The summed E-state index contributed by atoms with van der Waals surface area (Å²) in [4.78, 5) is 79.2. The molecule has 0 saturated carbocycles. The molecule has 4 fully saturated rings. The van der Waals surface area contributed by atoms with E-state index in [9.17, 15) is 19.2 Å². The Labute approximate surface area is 409 Å². The average molecular weight is 937 g/mol. The molecule has 0 unspecified atom stereocenters. The van der Waals surface area contributed by atoms with Crippen molar-refractivity contribution in [2.24, 2.45) is 0 Å². The molecule has 2 aromatic heterocycles. The van der Waals surface area contributed by atoms with Gasteiger partial charge in [-0.15, -0.1) is 0 Å². The van der Waals surface area contributed by atoms with Crippen molar-refractivity contribution < 1.29 is 19.2 Å². The van der Waals surface area contributed by atoms with Gasteiger partial charge in [-0.25, -0.2) is 19.6 Å². The van der Waals surface area contributed by atoms with E-state index < -0.39 is 12.1 Å². The number of hydrogen-bond donors (Lipinski definition) is 4. The van der Waals surface area contributed by atoms with Crippen LogP contribution in [0.1, 0.15) is 122 Å². The fourth-order valence-corrected chi connectivity index (χ4v) is 10.4. The minimum atomic E-state index is -0.790. The van der Waals surface area contributed by atoms with Crippen LogP contribution in [0.15, 0.2) is 122 Å². The molecule has 358 valence electrons. The highest BCUT2D eigenvalue weighted by molar-refractivity contribution is 5.89. The van der Waals surface area contributed by atoms with Crippen LogP contribution in [0.4, 0.5) is 9.59 Å². The van der Waals surface area contributed by atoms with E-state index in [1.54, 1.807) is 0 Å². The maximum atomic E-state index is 14.3. The highest BCUT2D eigenvalue weighted by Gasteiger charge is 2.39. The van der Waals surface area contributed by atoms with Crippen LogP contribution >= 0.6 is 0 Å². The molecule has 14 heteroatoms. The number of benzene rings is 4. The summed E-state index contributed by atoms with van der Waals surface area (Å²) in [7, 11) is 0. The number of imidazole rings is 2. The molecule has 4 N–H and O–H groups in total. The van der Waals surface area contributed by atoms with Gasteiger partial charge >= 0.3 is 12.1 Å². The lowest BCUT2D eigenvalue weighted by Crippen LogP contribution is -2.48. The van der Waals surface area contributed by atoms with Gasteiger partial charge in [0.1, 0.15) is 23.7 Å². The Morgan fingerprint density at radius 3 is 1.26 bits per heavy atom. The molecule has 4 aliphatic rings. The monoisotopic (exact) mass is 936 g/mol. The fraction of sp³-hybridized carbons (Fsp3) is 0.357. The van der Waals surface area contributed by atoms with Crippen LogP contribution in [0.5, 0.6) is 0 Å². The number of aromatic nitrogens is 4. The first-order valence-electron chi connectivity index (χ1n) is 25.0. The molecular formula is C56H60N10O4. The van der Waals surface area contributed by atoms with E-state index in [4.69, 9.17) is 9.97 Å². The standard InChI is InChI=1S/C56H60N10O4/c67-53(49(43-15-5-1-6-16-43)61-55(69)63-31-9-3-10-32-63)65-35-13-19-47(65)51-57-37-45(59-51)41-27-23-39(24-28-41)21-22-40-25-29-42(30-26-40)46-38-58-52(60-46)48-20-14-36-66(48)54(68)50(44-17-7-2-8-18-44)62-56(70)64-33-11-4-12-34-64/h1-2,5-8,15-18,23-30,37-38,47-50H,3-4,9-14,19-20,31-36H2,(H,57,59)(H,58,60)(H,61,69)(H,62,70)/t47-,48-,49+,50+/m0/s1. The van der Waals surface area contributed by atoms with Gasteiger partial charge in [-0.3, -0.25) is 9.59 Å². The Morgan fingerprint density at radius 2 is 0.871 bits per heavy atom. The van der Waals surface area contributed by atoms with Crippen LogP contribution in [0.2, 0.25) is 0 Å². The maximum absolute atomic E-state index is 14.3. The largest absolute Gasteiger partial charge is 0.340 e. The van der Waals surface area contributed by atoms with Crippen molar-refractivity contribution in [3.05, 3.63) is 155 Å². The van der Waals surface area contributed by atoms with Gasteiger partial charge in [0.05, 0.1) is 35.9 Å². The van der Waals surface area contributed by atoms with Crippen molar-refractivity contribution >= 4 is 23.9 Å². The van der Waals surface area contributed by atoms with Crippen molar-refractivity contribution in [1.29, 1.82) is 0 Å². The van der Waals surface area contributed by atoms with E-state index in [1.165, 1.54) is 0 Å². The summed E-state index contributed by atoms with van der Waals surface area (Å²) in [6.07, 6.45) is 13.0. The Morgan fingerprint density at radius 1 is 0.486 bits per heavy atom. The molecule has 0 spiro atoms. The molecular weight excluding hydrogens is 877 g/mol. The number of carbonyl (C=O) groups is 4. The molecule has 0 bridgehead atoms. The Bertz CT molecular complexity index is 2630. The zero-order chi connectivity index (χ0) is 47.8. The van der Waals surface area contributed by atoms with Crippen LogP contribution in [-0.2, 0) is 9.59 Å². The first kappa shape index (κ1) is 46.1. The molecule has 4 aromatic carbocycles. The third kappa shape index (κ3) is 10.3. The van der Waals surface area contributed by atoms with Crippen molar-refractivity contribution in [2.75, 3.05) is 39.3 Å². The van der Waals surface area contributed by atoms with Crippen molar-refractivity contribution in [3.63, 3.8) is 0 Å². The predicted octanol–water partition coefficient (Wildman–Crippen LogP) is 9.07. The fourth-order valence-electron chi connectivity index (χ4n) is 10.4. The van der Waals surface area contributed by atoms with Crippen LogP contribution in [0.3, 0.4) is 0 Å². The second kappa shape index (κ2) is 21.3. The summed E-state index contributed by atoms with van der Waals surface area (Å²) in [6.45, 7) is 3.99. The number of likely N-dealkylation sites (tertiary alicyclic amines) is 4. The number of amides is 6. The highest BCUT2D eigenvalue weighted by atomic mass is 16.2. The second-order valence-corrected chi connectivity index (χ2v) is 18.8. The summed E-state index contributed by atoms with van der Waals surface area (Å²) in [5.41, 5.74) is 6.89. The Balaban J connectivity index is 0.768. The van der Waals surface area contributed by atoms with Crippen molar-refractivity contribution in [1.82, 2.24) is 50.2 Å². The lowest BCUT2D eigenvalue weighted by Gasteiger charge is -2.32. The van der Waals surface area contributed by atoms with Gasteiger partial charge in [0.25, 0.3) is 0 Å². The van der Waals surface area contributed by atoms with Crippen LogP contribution in [0.25, 0.3) is 22.5 Å². The zero-order valence-electron chi connectivity index (χ0n) is 39.5. The number of carbonyl (C=O) groups excluding carboxylic acids is 4. The minimum absolute atomic E-state index is 0.129. The summed E-state index contributed by atoms with van der Waals surface area (Å²) >= 11 is 0. The van der Waals surface area contributed by atoms with Gasteiger partial charge in [0.2, 0.25) is 11.8 Å². The Hall–Kier alpha value is -7.66. The number of rotatable bonds is 10. The van der Waals surface area contributed by atoms with Crippen LogP contribution < -0.4 is 10.6 Å². The third-order valence-electron chi connectivity index (χ3n) is 14.2. The number of urea groups is 2. The molecule has 10 rings (SSSR count). The molecule has 6 heterocycles. The molecule has 6 amide bonds. The molecule has 14 nitrogen and oxygen atoms in total. The summed E-state index contributed by atoms with van der Waals surface area (Å²) in [5.74, 6) is 7.79. The van der Waals surface area contributed by atoms with E-state index in [0.717, 1.165) is 121 Å². The quantitative estimate of drug-likeness (QED) is 0.100. The van der Waals surface area contributed by atoms with E-state index in [-0.39, 0.29) is 36.0 Å². The van der Waals surface area contributed by atoms with E-state index >= 15 is 0 Å². The number of piperidine rings is 2. The summed E-state index contributed by atoms with van der Waals surface area (Å²) in [5, 5.41) is 6.16. The van der Waals surface area contributed by atoms with Gasteiger partial charge in [-0.1, -0.05) is 96.8 Å². The van der Waals surface area contributed by atoms with Gasteiger partial charge in [0, 0.05) is 50.4 Å². The van der Waals surface area contributed by atoms with E-state index in [0.29, 0.717) is 39.3 Å². The molecule has 0 aliphatic carbocycles. The topological polar surface area (TPSA) is 163 Å². The maximum Gasteiger partial charge on any atom is 0.318 e. The molecule has 4 atom stereocenters. The normalized spacial score (nSPS) is 19.0. The van der Waals surface area contributed by atoms with Crippen molar-refractivity contribution in [3.8, 4) is 34.4 Å². The number of H-pyrrole nitrogens is 2. The van der Waals surface area contributed by atoms with Gasteiger partial charge in [-0.2, -0.15) is 0 Å². The SMILES string of the molecule is O=C(N[C@@H](C(=O)N1CCC[C@H]1c1ncc(-c2ccc(C#Cc3ccc(-c4cnc([C@@H]5CCCN5C(=O)[C@H](NC(=O)N5CCCCC5)c5ccccc5)[nH]4)cc3)cc2)[nH]1)c1ccccc1)N1CCCCC1. The van der Waals surface area contributed by atoms with Crippen LogP contribution in [-0.4, -0.2) is 103 Å². The van der Waals surface area contributed by atoms with Crippen molar-refractivity contribution in [2.45, 2.75) is 88.4 Å². The van der Waals surface area contributed by atoms with E-state index in [2.05, 4.69) is 32.4 Å². The molecule has 70 heavy (non-hydrogen) atoms. The van der Waals surface area contributed by atoms with Crippen LogP contribution in [0, 0.1) is 11.8 Å². The first-order chi connectivity index (χ1) is 34.4. The van der Waals surface area contributed by atoms with Gasteiger partial charge < -0.3 is 40.2 Å². The molecule has 4 aliphatic heterocycles. The summed E-state index contributed by atoms with van der Waals surface area (Å²) < 4.78 is 0. The third-order valence-corrected chi connectivity index (χ3v) is 14.2. The zero-order valence-corrected chi connectivity index (χ0v) is 39.5. The van der Waals surface area contributed by atoms with Gasteiger partial charge in [0.15, 0.2) is 0 Å². The lowest BCUT2D eigenvalue weighted by molar-refractivity contribution is -0.135. The smallest absolute Gasteiger partial charge is 0.318 e. The minimum Gasteiger partial charge on any atom is -0.340 e. The first-order valence-corrected chi connectivity index (χ1v) is 25.0. The highest BCUT2D eigenvalue weighted by Crippen LogP contribution is 2.36. The predicted molar refractivity (Wildman–Crippen MR) is 268 cm³/mol. The number of nitrogens with zero attached hydrogens (tertiary/aromatic N) is 6. The molecule has 0 radical (unpaired) electrons. The molecule has 4 saturated heterocycles. The van der Waals surface area contributed by atoms with E-state index in [1.807, 2.05) is 141 Å². The number of aromatic amines is 2. The molecule has 6 aromatic rings. The Kier molecular flexibility index (Phi) is 14.0. The average Bonchev–Trinajstić information content (AvgIpc) is 4.28. The van der Waals surface area contributed by atoms with Gasteiger partial charge in [-0.05, 0) is 111 Å². The number of nitrogens with one attached hydrogen (secondary N) is 4.